The molecule has 1 aliphatic rings. The molecule has 2 rings (SSSR count). The van der Waals surface area contributed by atoms with Gasteiger partial charge in [0.2, 0.25) is 0 Å². The molecule has 0 atom stereocenters. The largest absolute Gasteiger partial charge is 0.483 e. The molecule has 1 aromatic rings. The summed E-state index contributed by atoms with van der Waals surface area (Å²) in [7, 11) is 0. The summed E-state index contributed by atoms with van der Waals surface area (Å²) in [6, 6.07) is 8.06. The average Bonchev–Trinajstić information content (AvgIpc) is 3.30. The smallest absolute Gasteiger partial charge is 0.260 e. The summed E-state index contributed by atoms with van der Waals surface area (Å²) >= 11 is 0. The Kier molecular flexibility index (Phi) is 5.41. The summed E-state index contributed by atoms with van der Waals surface area (Å²) in [4.78, 5) is 14.3. The van der Waals surface area contributed by atoms with Gasteiger partial charge >= 0.3 is 0 Å². The van der Waals surface area contributed by atoms with Crippen LogP contribution in [0.1, 0.15) is 38.2 Å². The maximum absolute atomic E-state index is 12.3. The van der Waals surface area contributed by atoms with E-state index in [0.29, 0.717) is 12.6 Å². The van der Waals surface area contributed by atoms with E-state index in [1.807, 2.05) is 29.2 Å². The number of carbonyl (C=O) groups excluding carboxylic acids is 1. The van der Waals surface area contributed by atoms with Crippen LogP contribution >= 0.6 is 0 Å². The lowest BCUT2D eigenvalue weighted by Gasteiger charge is -2.22. The van der Waals surface area contributed by atoms with Crippen LogP contribution in [0.15, 0.2) is 24.3 Å². The third kappa shape index (κ3) is 3.97. The van der Waals surface area contributed by atoms with Gasteiger partial charge in [0.15, 0.2) is 6.61 Å². The molecule has 0 aliphatic heterocycles. The van der Waals surface area contributed by atoms with Gasteiger partial charge in [-0.1, -0.05) is 31.5 Å². The maximum Gasteiger partial charge on any atom is 0.260 e. The lowest BCUT2D eigenvalue weighted by atomic mass is 10.2. The minimum Gasteiger partial charge on any atom is -0.483 e. The van der Waals surface area contributed by atoms with Crippen LogP contribution in [0.4, 0.5) is 0 Å². The first-order chi connectivity index (χ1) is 9.76. The molecule has 0 saturated heterocycles. The molecule has 4 nitrogen and oxygen atoms in total. The zero-order valence-corrected chi connectivity index (χ0v) is 12.2. The van der Waals surface area contributed by atoms with Crippen molar-refractivity contribution >= 4 is 5.91 Å². The molecule has 1 amide bonds. The Labute approximate surface area is 120 Å². The molecule has 0 unspecified atom stereocenters. The summed E-state index contributed by atoms with van der Waals surface area (Å²) < 4.78 is 5.66. The van der Waals surface area contributed by atoms with Gasteiger partial charge in [-0.2, -0.15) is 0 Å². The topological polar surface area (TPSA) is 55.6 Å². The van der Waals surface area contributed by atoms with Crippen LogP contribution in [0.5, 0.6) is 5.75 Å². The number of ether oxygens (including phenoxy) is 1. The molecule has 1 aromatic carbocycles. The third-order valence-corrected chi connectivity index (χ3v) is 3.60. The molecule has 1 fully saturated rings. The number of hydrogen-bond donors (Lipinski definition) is 1. The van der Waals surface area contributed by atoms with E-state index in [4.69, 9.17) is 10.5 Å². The van der Waals surface area contributed by atoms with Crippen molar-refractivity contribution in [2.45, 2.75) is 45.2 Å². The normalized spacial score (nSPS) is 14.1. The molecule has 0 bridgehead atoms. The average molecular weight is 276 g/mol. The molecule has 2 N–H and O–H groups in total. The molecule has 20 heavy (non-hydrogen) atoms. The molecular formula is C16H24N2O2. The molecule has 110 valence electrons. The summed E-state index contributed by atoms with van der Waals surface area (Å²) in [5.74, 6) is 0.808. The van der Waals surface area contributed by atoms with E-state index < -0.39 is 0 Å². The van der Waals surface area contributed by atoms with Crippen LogP contribution in [0, 0.1) is 0 Å². The Morgan fingerprint density at radius 1 is 1.40 bits per heavy atom. The van der Waals surface area contributed by atoms with E-state index in [0.717, 1.165) is 43.5 Å². The van der Waals surface area contributed by atoms with Crippen molar-refractivity contribution < 1.29 is 9.53 Å². The summed E-state index contributed by atoms with van der Waals surface area (Å²) in [5.41, 5.74) is 6.60. The van der Waals surface area contributed by atoms with E-state index in [-0.39, 0.29) is 12.5 Å². The Morgan fingerprint density at radius 2 is 2.15 bits per heavy atom. The number of benzene rings is 1. The molecule has 0 heterocycles. The summed E-state index contributed by atoms with van der Waals surface area (Å²) in [5, 5.41) is 0. The van der Waals surface area contributed by atoms with Crippen LogP contribution in [-0.2, 0) is 11.3 Å². The second-order valence-electron chi connectivity index (χ2n) is 5.27. The number of hydrogen-bond acceptors (Lipinski definition) is 3. The highest BCUT2D eigenvalue weighted by Crippen LogP contribution is 2.27. The van der Waals surface area contributed by atoms with E-state index in [1.54, 1.807) is 0 Å². The lowest BCUT2D eigenvalue weighted by Crippen LogP contribution is -2.37. The molecule has 1 saturated carbocycles. The Balaban J connectivity index is 1.89. The Bertz CT molecular complexity index is 444. The zero-order valence-electron chi connectivity index (χ0n) is 12.2. The van der Waals surface area contributed by atoms with Crippen LogP contribution in [0.3, 0.4) is 0 Å². The minimum atomic E-state index is 0.0905. The van der Waals surface area contributed by atoms with Gasteiger partial charge in [0.1, 0.15) is 5.75 Å². The first kappa shape index (κ1) is 14.9. The third-order valence-electron chi connectivity index (χ3n) is 3.60. The van der Waals surface area contributed by atoms with Crippen LogP contribution < -0.4 is 10.5 Å². The highest BCUT2D eigenvalue weighted by Gasteiger charge is 2.32. The summed E-state index contributed by atoms with van der Waals surface area (Å²) in [6.45, 7) is 3.52. The lowest BCUT2D eigenvalue weighted by molar-refractivity contribution is -0.134. The standard InChI is InChI=1S/C16H24N2O2/c1-2-3-10-18(14-8-9-14)16(19)12-20-15-7-5-4-6-13(15)11-17/h4-7,14H,2-3,8-12,17H2,1H3. The molecule has 1 aliphatic carbocycles. The highest BCUT2D eigenvalue weighted by molar-refractivity contribution is 5.78. The number of amides is 1. The fraction of sp³-hybridized carbons (Fsp3) is 0.562. The maximum atomic E-state index is 12.3. The SMILES string of the molecule is CCCCN(C(=O)COc1ccccc1CN)C1CC1. The van der Waals surface area contributed by atoms with Gasteiger partial charge in [0.05, 0.1) is 0 Å². The van der Waals surface area contributed by atoms with E-state index in [9.17, 15) is 4.79 Å². The van der Waals surface area contributed by atoms with Crippen molar-refractivity contribution in [3.63, 3.8) is 0 Å². The van der Waals surface area contributed by atoms with Crippen molar-refractivity contribution in [1.29, 1.82) is 0 Å². The first-order valence-electron chi connectivity index (χ1n) is 7.46. The highest BCUT2D eigenvalue weighted by atomic mass is 16.5. The Hall–Kier alpha value is -1.55. The van der Waals surface area contributed by atoms with E-state index in [2.05, 4.69) is 6.92 Å². The second kappa shape index (κ2) is 7.29. The number of rotatable bonds is 8. The van der Waals surface area contributed by atoms with Crippen molar-refractivity contribution in [1.82, 2.24) is 4.90 Å². The molecule has 0 spiro atoms. The van der Waals surface area contributed by atoms with E-state index >= 15 is 0 Å². The van der Waals surface area contributed by atoms with Crippen molar-refractivity contribution in [3.8, 4) is 5.75 Å². The number of nitrogens with zero attached hydrogens (tertiary/aromatic N) is 1. The fourth-order valence-corrected chi connectivity index (χ4v) is 2.26. The monoisotopic (exact) mass is 276 g/mol. The molecule has 4 heteroatoms. The second-order valence-corrected chi connectivity index (χ2v) is 5.27. The van der Waals surface area contributed by atoms with Gasteiger partial charge in [-0.25, -0.2) is 0 Å². The summed E-state index contributed by atoms with van der Waals surface area (Å²) in [6.07, 6.45) is 4.43. The van der Waals surface area contributed by atoms with Gasteiger partial charge in [-0.15, -0.1) is 0 Å². The van der Waals surface area contributed by atoms with Gasteiger partial charge in [-0.3, -0.25) is 4.79 Å². The van der Waals surface area contributed by atoms with Gasteiger partial charge in [0.25, 0.3) is 5.91 Å². The Morgan fingerprint density at radius 3 is 2.80 bits per heavy atom. The minimum absolute atomic E-state index is 0.0905. The molecule has 0 aromatic heterocycles. The fourth-order valence-electron chi connectivity index (χ4n) is 2.26. The predicted molar refractivity (Wildman–Crippen MR) is 79.5 cm³/mol. The zero-order chi connectivity index (χ0) is 14.4. The number of nitrogens with two attached hydrogens (primary N) is 1. The molecule has 0 radical (unpaired) electrons. The number of carbonyl (C=O) groups is 1. The van der Waals surface area contributed by atoms with Crippen molar-refractivity contribution in [3.05, 3.63) is 29.8 Å². The van der Waals surface area contributed by atoms with Gasteiger partial charge in [0, 0.05) is 24.7 Å². The van der Waals surface area contributed by atoms with Crippen LogP contribution in [0.25, 0.3) is 0 Å². The number of unbranched alkanes of at least 4 members (excludes halogenated alkanes) is 1. The van der Waals surface area contributed by atoms with E-state index in [1.165, 1.54) is 0 Å². The van der Waals surface area contributed by atoms with Gasteiger partial charge < -0.3 is 15.4 Å². The molecular weight excluding hydrogens is 252 g/mol. The first-order valence-corrected chi connectivity index (χ1v) is 7.46. The van der Waals surface area contributed by atoms with Gasteiger partial charge in [-0.05, 0) is 25.3 Å². The predicted octanol–water partition coefficient (Wildman–Crippen LogP) is 2.32. The van der Waals surface area contributed by atoms with Crippen molar-refractivity contribution in [2.75, 3.05) is 13.2 Å². The van der Waals surface area contributed by atoms with Crippen molar-refractivity contribution in [2.24, 2.45) is 5.73 Å². The van der Waals surface area contributed by atoms with Crippen LogP contribution in [-0.4, -0.2) is 30.0 Å². The number of para-hydroxylation sites is 1. The quantitative estimate of drug-likeness (QED) is 0.792. The van der Waals surface area contributed by atoms with Crippen LogP contribution in [0.2, 0.25) is 0 Å².